The Balaban J connectivity index is 1.56. The Hall–Kier alpha value is -4.08. The van der Waals surface area contributed by atoms with Gasteiger partial charge in [-0.3, -0.25) is 14.4 Å². The van der Waals surface area contributed by atoms with Gasteiger partial charge in [-0.2, -0.15) is 5.10 Å². The molecule has 4 heterocycles. The van der Waals surface area contributed by atoms with Gasteiger partial charge in [0.2, 0.25) is 0 Å². The first-order valence-electron chi connectivity index (χ1n) is 11.7. The number of anilines is 4. The Morgan fingerprint density at radius 2 is 1.94 bits per heavy atom. The van der Waals surface area contributed by atoms with Gasteiger partial charge >= 0.3 is 6.03 Å². The highest BCUT2D eigenvalue weighted by Gasteiger charge is 2.33. The van der Waals surface area contributed by atoms with Gasteiger partial charge in [0, 0.05) is 76.4 Å². The number of fused-ring (bicyclic) bond motifs is 3. The fraction of sp³-hybridized carbons (Fsp3) is 0.360. The topological polar surface area (TPSA) is 98.6 Å². The molecule has 1 fully saturated rings. The predicted octanol–water partition coefficient (Wildman–Crippen LogP) is 3.19. The molecule has 2 aromatic heterocycles. The molecular formula is C25H30N8O2. The highest BCUT2D eigenvalue weighted by Crippen LogP contribution is 2.43. The molecule has 0 aliphatic carbocycles. The van der Waals surface area contributed by atoms with Crippen molar-refractivity contribution in [3.05, 3.63) is 47.8 Å². The van der Waals surface area contributed by atoms with Crippen LogP contribution in [0.5, 0.6) is 0 Å². The van der Waals surface area contributed by atoms with Crippen molar-refractivity contribution >= 4 is 34.8 Å². The van der Waals surface area contributed by atoms with Gasteiger partial charge in [0.05, 0.1) is 28.3 Å². The van der Waals surface area contributed by atoms with E-state index in [4.69, 9.17) is 0 Å². The maximum absolute atomic E-state index is 12.9. The molecule has 3 aromatic rings. The number of carbonyl (C=O) groups is 2. The summed E-state index contributed by atoms with van der Waals surface area (Å²) < 4.78 is 1.83. The Labute approximate surface area is 204 Å². The number of rotatable bonds is 5. The molecule has 1 aromatic carbocycles. The summed E-state index contributed by atoms with van der Waals surface area (Å²) in [5.74, 6) is 0.256. The largest absolute Gasteiger partial charge is 0.368 e. The number of amides is 3. The molecule has 0 spiro atoms. The first kappa shape index (κ1) is 22.7. The van der Waals surface area contributed by atoms with Crippen LogP contribution in [-0.2, 0) is 13.6 Å². The van der Waals surface area contributed by atoms with E-state index in [1.807, 2.05) is 55.9 Å². The third-order valence-electron chi connectivity index (χ3n) is 6.56. The number of nitrogens with one attached hydrogen (secondary N) is 2. The predicted molar refractivity (Wildman–Crippen MR) is 136 cm³/mol. The lowest BCUT2D eigenvalue weighted by Gasteiger charge is -2.29. The second-order valence-corrected chi connectivity index (χ2v) is 9.25. The third kappa shape index (κ3) is 3.84. The third-order valence-corrected chi connectivity index (χ3v) is 6.56. The maximum atomic E-state index is 12.9. The summed E-state index contributed by atoms with van der Waals surface area (Å²) in [7, 11) is 5.56. The lowest BCUT2D eigenvalue weighted by molar-refractivity contribution is 0.0963. The molecule has 3 amide bonds. The zero-order valence-electron chi connectivity index (χ0n) is 20.7. The van der Waals surface area contributed by atoms with Crippen LogP contribution in [0, 0.1) is 0 Å². The van der Waals surface area contributed by atoms with Crippen LogP contribution in [-0.4, -0.2) is 64.8 Å². The zero-order valence-corrected chi connectivity index (χ0v) is 20.7. The summed E-state index contributed by atoms with van der Waals surface area (Å²) in [5.41, 5.74) is 5.99. The molecule has 0 bridgehead atoms. The van der Waals surface area contributed by atoms with Crippen molar-refractivity contribution in [3.8, 4) is 11.3 Å². The normalized spacial score (nSPS) is 14.9. The fourth-order valence-electron chi connectivity index (χ4n) is 4.86. The van der Waals surface area contributed by atoms with Crippen LogP contribution in [0.1, 0.15) is 29.8 Å². The van der Waals surface area contributed by atoms with E-state index in [-0.39, 0.29) is 18.0 Å². The van der Waals surface area contributed by atoms with E-state index >= 15 is 0 Å². The molecule has 1 saturated heterocycles. The van der Waals surface area contributed by atoms with E-state index < -0.39 is 0 Å². The number of benzene rings is 1. The van der Waals surface area contributed by atoms with Crippen LogP contribution in [0.4, 0.5) is 27.7 Å². The van der Waals surface area contributed by atoms with E-state index in [0.29, 0.717) is 30.2 Å². The van der Waals surface area contributed by atoms with Gasteiger partial charge in [0.25, 0.3) is 5.91 Å². The van der Waals surface area contributed by atoms with E-state index in [1.54, 1.807) is 18.0 Å². The number of hydrogen-bond acceptors (Lipinski definition) is 6. The summed E-state index contributed by atoms with van der Waals surface area (Å²) in [6, 6.07) is 7.83. The van der Waals surface area contributed by atoms with E-state index in [9.17, 15) is 9.59 Å². The number of carbonyl (C=O) groups excluding carboxylic acids is 2. The molecule has 2 aliphatic heterocycles. The summed E-state index contributed by atoms with van der Waals surface area (Å²) in [5, 5.41) is 10.8. The van der Waals surface area contributed by atoms with Crippen LogP contribution in [0.3, 0.4) is 0 Å². The van der Waals surface area contributed by atoms with Crippen LogP contribution < -0.4 is 20.4 Å². The molecule has 2 N–H and O–H groups in total. The molecule has 10 nitrogen and oxygen atoms in total. The highest BCUT2D eigenvalue weighted by atomic mass is 16.2. The average molecular weight is 475 g/mol. The standard InChI is InChI=1S/C25H30N8O2/c1-15(2)32-9-10-33(25(32)35)21-11-20(18(12-27-21)24(34)26-3)28-19-8-6-7-17-22-16(14-31(5)29-22)13-30(4)23(17)19/h6-8,11-12,14-15H,9-10,13H2,1-5H3,(H,26,34)(H,27,28). The number of para-hydroxylation sites is 1. The van der Waals surface area contributed by atoms with Crippen molar-refractivity contribution in [2.24, 2.45) is 7.05 Å². The monoisotopic (exact) mass is 474 g/mol. The molecule has 10 heteroatoms. The molecule has 182 valence electrons. The van der Waals surface area contributed by atoms with Crippen LogP contribution >= 0.6 is 0 Å². The molecule has 35 heavy (non-hydrogen) atoms. The lowest BCUT2D eigenvalue weighted by Crippen LogP contribution is -2.36. The molecule has 0 unspecified atom stereocenters. The number of pyridine rings is 1. The van der Waals surface area contributed by atoms with Crippen LogP contribution in [0.15, 0.2) is 36.7 Å². The molecule has 0 saturated carbocycles. The van der Waals surface area contributed by atoms with Crippen LogP contribution in [0.2, 0.25) is 0 Å². The summed E-state index contributed by atoms with van der Waals surface area (Å²) in [6.07, 6.45) is 3.57. The second-order valence-electron chi connectivity index (χ2n) is 9.25. The van der Waals surface area contributed by atoms with Crippen LogP contribution in [0.25, 0.3) is 11.3 Å². The van der Waals surface area contributed by atoms with E-state index in [1.165, 1.54) is 11.8 Å². The van der Waals surface area contributed by atoms with Crippen molar-refractivity contribution in [2.45, 2.75) is 26.4 Å². The van der Waals surface area contributed by atoms with Crippen molar-refractivity contribution in [2.75, 3.05) is 42.3 Å². The Kier molecular flexibility index (Phi) is 5.58. The number of urea groups is 1. The Morgan fingerprint density at radius 1 is 1.14 bits per heavy atom. The minimum absolute atomic E-state index is 0.0781. The average Bonchev–Trinajstić information content (AvgIpc) is 3.40. The Morgan fingerprint density at radius 3 is 2.66 bits per heavy atom. The maximum Gasteiger partial charge on any atom is 0.326 e. The quantitative estimate of drug-likeness (QED) is 0.589. The first-order valence-corrected chi connectivity index (χ1v) is 11.7. The second kappa shape index (κ2) is 8.61. The minimum atomic E-state index is -0.256. The number of aryl methyl sites for hydroxylation is 1. The summed E-state index contributed by atoms with van der Waals surface area (Å²) in [4.78, 5) is 35.7. The zero-order chi connectivity index (χ0) is 24.9. The van der Waals surface area contributed by atoms with Crippen molar-refractivity contribution < 1.29 is 9.59 Å². The fourth-order valence-corrected chi connectivity index (χ4v) is 4.86. The number of aromatic nitrogens is 3. The molecule has 0 atom stereocenters. The smallest absolute Gasteiger partial charge is 0.326 e. The Bertz CT molecular complexity index is 1310. The molecule has 2 aliphatic rings. The van der Waals surface area contributed by atoms with Gasteiger partial charge in [0.15, 0.2) is 0 Å². The molecular weight excluding hydrogens is 444 g/mol. The molecule has 5 rings (SSSR count). The van der Waals surface area contributed by atoms with E-state index in [0.717, 1.165) is 29.2 Å². The van der Waals surface area contributed by atoms with Gasteiger partial charge in [0.1, 0.15) is 5.82 Å². The van der Waals surface area contributed by atoms with E-state index in [2.05, 4.69) is 31.7 Å². The molecule has 0 radical (unpaired) electrons. The van der Waals surface area contributed by atoms with Crippen molar-refractivity contribution in [3.63, 3.8) is 0 Å². The van der Waals surface area contributed by atoms with Crippen molar-refractivity contribution in [1.29, 1.82) is 0 Å². The van der Waals surface area contributed by atoms with Crippen molar-refractivity contribution in [1.82, 2.24) is 25.0 Å². The van der Waals surface area contributed by atoms with Gasteiger partial charge < -0.3 is 20.4 Å². The van der Waals surface area contributed by atoms with Gasteiger partial charge in [-0.25, -0.2) is 9.78 Å². The minimum Gasteiger partial charge on any atom is -0.368 e. The SMILES string of the molecule is CNC(=O)c1cnc(N2CCN(C(C)C)C2=O)cc1Nc1cccc2c1N(C)Cc1cn(C)nc1-2. The highest BCUT2D eigenvalue weighted by molar-refractivity contribution is 6.02. The summed E-state index contributed by atoms with van der Waals surface area (Å²) >= 11 is 0. The van der Waals surface area contributed by atoms with Gasteiger partial charge in [-0.1, -0.05) is 12.1 Å². The summed E-state index contributed by atoms with van der Waals surface area (Å²) in [6.45, 7) is 5.92. The number of hydrogen-bond donors (Lipinski definition) is 2. The van der Waals surface area contributed by atoms with Gasteiger partial charge in [-0.15, -0.1) is 0 Å². The van der Waals surface area contributed by atoms with Gasteiger partial charge in [-0.05, 0) is 19.9 Å². The number of nitrogens with zero attached hydrogens (tertiary/aromatic N) is 6. The first-order chi connectivity index (χ1) is 16.8. The lowest BCUT2D eigenvalue weighted by atomic mass is 9.99.